The van der Waals surface area contributed by atoms with Gasteiger partial charge in [0.1, 0.15) is 18.4 Å². The first-order valence-electron chi connectivity index (χ1n) is 8.37. The van der Waals surface area contributed by atoms with E-state index in [0.717, 1.165) is 39.8 Å². The number of halogens is 3. The molecule has 1 aromatic heterocycles. The second-order valence-corrected chi connectivity index (χ2v) is 8.15. The first-order chi connectivity index (χ1) is 13.6. The van der Waals surface area contributed by atoms with Gasteiger partial charge in [-0.05, 0) is 48.9 Å². The Bertz CT molecular complexity index is 1050. The van der Waals surface area contributed by atoms with Crippen LogP contribution in [-0.2, 0) is 10.0 Å². The zero-order valence-corrected chi connectivity index (χ0v) is 16.2. The lowest BCUT2D eigenvalue weighted by molar-refractivity contribution is -0.274. The minimum Gasteiger partial charge on any atom is -0.406 e. The SMILES string of the molecule is C[C@H](c1ccc(-n2cncn2)cc1)N(C)S(=O)(=O)c1ccc(OC(F)(F)F)cc1. The average Bonchev–Trinajstić information content (AvgIpc) is 3.21. The fourth-order valence-corrected chi connectivity index (χ4v) is 4.00. The molecule has 0 saturated heterocycles. The van der Waals surface area contributed by atoms with Gasteiger partial charge in [-0.3, -0.25) is 0 Å². The van der Waals surface area contributed by atoms with Gasteiger partial charge in [-0.25, -0.2) is 18.1 Å². The second kappa shape index (κ2) is 7.84. The Morgan fingerprint density at radius 3 is 2.21 bits per heavy atom. The number of benzene rings is 2. The quantitative estimate of drug-likeness (QED) is 0.603. The first kappa shape index (κ1) is 20.8. The van der Waals surface area contributed by atoms with Crippen molar-refractivity contribution in [1.82, 2.24) is 19.1 Å². The summed E-state index contributed by atoms with van der Waals surface area (Å²) >= 11 is 0. The zero-order chi connectivity index (χ0) is 21.2. The highest BCUT2D eigenvalue weighted by Gasteiger charge is 2.31. The van der Waals surface area contributed by atoms with Gasteiger partial charge in [-0.1, -0.05) is 12.1 Å². The molecule has 0 saturated carbocycles. The van der Waals surface area contributed by atoms with Crippen molar-refractivity contribution in [2.24, 2.45) is 0 Å². The number of alkyl halides is 3. The topological polar surface area (TPSA) is 77.3 Å². The summed E-state index contributed by atoms with van der Waals surface area (Å²) in [6.45, 7) is 1.71. The van der Waals surface area contributed by atoms with Crippen molar-refractivity contribution in [3.8, 4) is 11.4 Å². The van der Waals surface area contributed by atoms with Crippen LogP contribution in [0.25, 0.3) is 5.69 Å². The Balaban J connectivity index is 1.78. The van der Waals surface area contributed by atoms with E-state index >= 15 is 0 Å². The molecule has 11 heteroatoms. The molecule has 0 N–H and O–H groups in total. The van der Waals surface area contributed by atoms with Gasteiger partial charge >= 0.3 is 6.36 Å². The minimum absolute atomic E-state index is 0.138. The highest BCUT2D eigenvalue weighted by Crippen LogP contribution is 2.28. The van der Waals surface area contributed by atoms with Gasteiger partial charge in [0.05, 0.1) is 10.6 Å². The normalized spacial score (nSPS) is 13.4. The smallest absolute Gasteiger partial charge is 0.406 e. The number of hydrogen-bond acceptors (Lipinski definition) is 5. The summed E-state index contributed by atoms with van der Waals surface area (Å²) in [5.74, 6) is -0.490. The Kier molecular flexibility index (Phi) is 5.62. The van der Waals surface area contributed by atoms with E-state index in [1.165, 1.54) is 13.4 Å². The molecule has 0 radical (unpaired) electrons. The van der Waals surface area contributed by atoms with Crippen LogP contribution >= 0.6 is 0 Å². The summed E-state index contributed by atoms with van der Waals surface area (Å²) in [7, 11) is -2.52. The molecule has 7 nitrogen and oxygen atoms in total. The van der Waals surface area contributed by atoms with E-state index in [2.05, 4.69) is 14.8 Å². The van der Waals surface area contributed by atoms with Crippen LogP contribution in [0.4, 0.5) is 13.2 Å². The predicted molar refractivity (Wildman–Crippen MR) is 97.8 cm³/mol. The van der Waals surface area contributed by atoms with Gasteiger partial charge < -0.3 is 4.74 Å². The van der Waals surface area contributed by atoms with Gasteiger partial charge in [-0.2, -0.15) is 9.40 Å². The van der Waals surface area contributed by atoms with Crippen molar-refractivity contribution >= 4 is 10.0 Å². The fraction of sp³-hybridized carbons (Fsp3) is 0.222. The number of sulfonamides is 1. The van der Waals surface area contributed by atoms with E-state index in [1.807, 2.05) is 0 Å². The van der Waals surface area contributed by atoms with Crippen LogP contribution in [0.3, 0.4) is 0 Å². The van der Waals surface area contributed by atoms with Crippen molar-refractivity contribution in [3.63, 3.8) is 0 Å². The largest absolute Gasteiger partial charge is 0.573 e. The van der Waals surface area contributed by atoms with Crippen LogP contribution in [0, 0.1) is 0 Å². The number of rotatable bonds is 6. The zero-order valence-electron chi connectivity index (χ0n) is 15.4. The molecule has 1 heterocycles. The third kappa shape index (κ3) is 4.74. The van der Waals surface area contributed by atoms with Crippen LogP contribution in [0.1, 0.15) is 18.5 Å². The molecule has 3 rings (SSSR count). The lowest BCUT2D eigenvalue weighted by Gasteiger charge is -2.25. The van der Waals surface area contributed by atoms with Crippen molar-refractivity contribution < 1.29 is 26.3 Å². The van der Waals surface area contributed by atoms with E-state index < -0.39 is 28.2 Å². The van der Waals surface area contributed by atoms with Crippen molar-refractivity contribution in [1.29, 1.82) is 0 Å². The minimum atomic E-state index is -4.84. The number of nitrogens with zero attached hydrogens (tertiary/aromatic N) is 4. The summed E-state index contributed by atoms with van der Waals surface area (Å²) in [6.07, 6.45) is -1.90. The van der Waals surface area contributed by atoms with Gasteiger partial charge in [0.2, 0.25) is 10.0 Å². The van der Waals surface area contributed by atoms with Crippen molar-refractivity contribution in [3.05, 3.63) is 66.7 Å². The molecule has 0 aliphatic carbocycles. The predicted octanol–water partition coefficient (Wildman–Crippen LogP) is 3.55. The summed E-state index contributed by atoms with van der Waals surface area (Å²) in [6, 6.07) is 10.7. The summed E-state index contributed by atoms with van der Waals surface area (Å²) in [5.41, 5.74) is 1.50. The lowest BCUT2D eigenvalue weighted by atomic mass is 10.1. The van der Waals surface area contributed by atoms with Gasteiger partial charge in [0.25, 0.3) is 0 Å². The Labute approximate surface area is 165 Å². The fourth-order valence-electron chi connectivity index (χ4n) is 2.64. The molecular weight excluding hydrogens is 409 g/mol. The molecule has 0 amide bonds. The second-order valence-electron chi connectivity index (χ2n) is 6.15. The standard InChI is InChI=1S/C18H17F3N4O3S/c1-13(14-3-5-15(6-4-14)25-12-22-11-23-25)24(2)29(26,27)17-9-7-16(8-10-17)28-18(19,20)21/h3-13H,1-2H3/t13-/m1/s1. The Morgan fingerprint density at radius 1 is 1.07 bits per heavy atom. The number of aromatic nitrogens is 3. The van der Waals surface area contributed by atoms with Crippen molar-refractivity contribution in [2.75, 3.05) is 7.05 Å². The van der Waals surface area contributed by atoms with Gasteiger partial charge in [0.15, 0.2) is 0 Å². The van der Waals surface area contributed by atoms with Crippen LogP contribution < -0.4 is 4.74 Å². The maximum Gasteiger partial charge on any atom is 0.573 e. The maximum atomic E-state index is 12.8. The molecule has 0 bridgehead atoms. The Morgan fingerprint density at radius 2 is 1.69 bits per heavy atom. The molecule has 0 aliphatic heterocycles. The van der Waals surface area contributed by atoms with E-state index in [9.17, 15) is 21.6 Å². The maximum absolute atomic E-state index is 12.8. The summed E-state index contributed by atoms with van der Waals surface area (Å²) in [4.78, 5) is 3.73. The van der Waals surface area contributed by atoms with Gasteiger partial charge in [-0.15, -0.1) is 13.2 Å². The third-order valence-electron chi connectivity index (χ3n) is 4.34. The molecule has 3 aromatic rings. The first-order valence-corrected chi connectivity index (χ1v) is 9.81. The molecule has 0 spiro atoms. The summed E-state index contributed by atoms with van der Waals surface area (Å²) < 4.78 is 68.9. The van der Waals surface area contributed by atoms with Crippen LogP contribution in [0.5, 0.6) is 5.75 Å². The van der Waals surface area contributed by atoms with E-state index in [4.69, 9.17) is 0 Å². The molecule has 29 heavy (non-hydrogen) atoms. The molecule has 0 fully saturated rings. The van der Waals surface area contributed by atoms with E-state index in [-0.39, 0.29) is 4.90 Å². The molecule has 1 atom stereocenters. The third-order valence-corrected chi connectivity index (χ3v) is 6.28. The van der Waals surface area contributed by atoms with E-state index in [0.29, 0.717) is 0 Å². The monoisotopic (exact) mass is 426 g/mol. The average molecular weight is 426 g/mol. The highest BCUT2D eigenvalue weighted by atomic mass is 32.2. The molecule has 0 aliphatic rings. The van der Waals surface area contributed by atoms with Crippen molar-refractivity contribution in [2.45, 2.75) is 24.2 Å². The van der Waals surface area contributed by atoms with Crippen LogP contribution in [0.15, 0.2) is 66.1 Å². The van der Waals surface area contributed by atoms with E-state index in [1.54, 1.807) is 42.2 Å². The number of hydrogen-bond donors (Lipinski definition) is 0. The molecule has 2 aromatic carbocycles. The lowest BCUT2D eigenvalue weighted by Crippen LogP contribution is -2.29. The Hall–Kier alpha value is -2.92. The molecule has 0 unspecified atom stereocenters. The molecular formula is C18H17F3N4O3S. The molecule has 154 valence electrons. The van der Waals surface area contributed by atoms with Crippen LogP contribution in [-0.4, -0.2) is 40.9 Å². The van der Waals surface area contributed by atoms with Gasteiger partial charge in [0, 0.05) is 13.1 Å². The highest BCUT2D eigenvalue weighted by molar-refractivity contribution is 7.89. The number of ether oxygens (including phenoxy) is 1. The van der Waals surface area contributed by atoms with Crippen LogP contribution in [0.2, 0.25) is 0 Å². The summed E-state index contributed by atoms with van der Waals surface area (Å²) in [5, 5.41) is 4.02.